The normalized spacial score (nSPS) is 21.1. The second-order valence-corrected chi connectivity index (χ2v) is 26.9. The van der Waals surface area contributed by atoms with Crippen LogP contribution in [0.2, 0.25) is 36.3 Å². The third-order valence-electron chi connectivity index (χ3n) is 10.5. The van der Waals surface area contributed by atoms with Crippen molar-refractivity contribution in [2.24, 2.45) is 0 Å². The predicted octanol–water partition coefficient (Wildman–Crippen LogP) is 9.40. The lowest BCUT2D eigenvalue weighted by Gasteiger charge is -2.44. The van der Waals surface area contributed by atoms with Gasteiger partial charge in [0.15, 0.2) is 22.9 Å². The summed E-state index contributed by atoms with van der Waals surface area (Å²) in [6, 6.07) is 12.2. The van der Waals surface area contributed by atoms with E-state index in [0.29, 0.717) is 11.6 Å². The molecule has 0 radical (unpaired) electrons. The maximum atomic E-state index is 7.35. The van der Waals surface area contributed by atoms with Gasteiger partial charge < -0.3 is 28.4 Å². The highest BCUT2D eigenvalue weighted by molar-refractivity contribution is 7.98. The van der Waals surface area contributed by atoms with Gasteiger partial charge in [0.2, 0.25) is 0 Å². The van der Waals surface area contributed by atoms with E-state index in [1.807, 2.05) is 42.2 Å². The van der Waals surface area contributed by atoms with E-state index in [-0.39, 0.29) is 34.3 Å². The number of anilines is 1. The van der Waals surface area contributed by atoms with Crippen LogP contribution >= 0.6 is 11.8 Å². The maximum Gasteiger partial charge on any atom is 0.192 e. The van der Waals surface area contributed by atoms with Gasteiger partial charge in [0.25, 0.3) is 0 Å². The summed E-state index contributed by atoms with van der Waals surface area (Å²) < 4.78 is 29.8. The molecule has 2 N–H and O–H groups in total. The van der Waals surface area contributed by atoms with Gasteiger partial charge in [-0.15, -0.1) is 0 Å². The Hall–Kier alpha value is -2.49. The van der Waals surface area contributed by atoms with Crippen molar-refractivity contribution in [2.75, 3.05) is 11.5 Å². The molecule has 12 heteroatoms. The van der Waals surface area contributed by atoms with E-state index in [4.69, 9.17) is 23.8 Å². The van der Waals surface area contributed by atoms with Crippen LogP contribution in [0.1, 0.15) is 78.9 Å². The molecule has 0 unspecified atom stereocenters. The second kappa shape index (κ2) is 13.7. The summed E-state index contributed by atoms with van der Waals surface area (Å²) in [4.78, 5) is 8.87. The van der Waals surface area contributed by atoms with Gasteiger partial charge in [-0.3, -0.25) is 0 Å². The molecule has 0 bridgehead atoms. The van der Waals surface area contributed by atoms with Crippen LogP contribution in [0.4, 0.5) is 5.82 Å². The van der Waals surface area contributed by atoms with Crippen LogP contribution in [0, 0.1) is 0 Å². The molecule has 3 aromatic heterocycles. The van der Waals surface area contributed by atoms with Gasteiger partial charge in [-0.05, 0) is 42.3 Å². The molecule has 0 aliphatic carbocycles. The Bertz CT molecular complexity index is 1690. The average Bonchev–Trinajstić information content (AvgIpc) is 3.69. The Morgan fingerprint density at radius 2 is 1.54 bits per heavy atom. The summed E-state index contributed by atoms with van der Waals surface area (Å²) in [5.41, 5.74) is 10.1. The molecule has 1 aliphatic heterocycles. The smallest absolute Gasteiger partial charge is 0.192 e. The van der Waals surface area contributed by atoms with Crippen molar-refractivity contribution in [1.29, 1.82) is 0 Å². The summed E-state index contributed by atoms with van der Waals surface area (Å²) in [6.07, 6.45) is 2.20. The number of hydrogen-bond donors (Lipinski definition) is 1. The van der Waals surface area contributed by atoms with Gasteiger partial charge in [-0.25, -0.2) is 9.97 Å². The Balaban J connectivity index is 1.53. The molecular formula is C36H55N5O4SSi2. The van der Waals surface area contributed by atoms with Gasteiger partial charge in [0.05, 0.1) is 11.5 Å². The summed E-state index contributed by atoms with van der Waals surface area (Å²) in [5.74, 6) is 3.04. The summed E-state index contributed by atoms with van der Waals surface area (Å²) in [7, 11) is -4.53. The molecule has 1 aliphatic rings. The molecular weight excluding hydrogens is 655 g/mol. The largest absolute Gasteiger partial charge is 0.408 e. The van der Waals surface area contributed by atoms with E-state index in [2.05, 4.69) is 113 Å². The lowest BCUT2D eigenvalue weighted by molar-refractivity contribution is -0.0244. The van der Waals surface area contributed by atoms with Crippen molar-refractivity contribution in [3.05, 3.63) is 60.2 Å². The molecule has 4 heterocycles. The standard InChI is InChI=1S/C36H55N5O4SSi2/c1-23(2)29-26(28(40-43-29)24-16-14-13-15-17-24)20-46-21-27-30(44-47(9,10)35(3,4)5)31(45-48(11,12)36(6,7)8)34(42-27)41-19-18-25-32(37)38-22-39-33(25)41/h13-19,22-23,27,30-31,34H,20-21H2,1-12H3,(H2,37,38,39)/t27-,30-,31-,34-/m1/s1. The van der Waals surface area contributed by atoms with Gasteiger partial charge in [-0.1, -0.05) is 90.9 Å². The minimum absolute atomic E-state index is 0.00530. The Kier molecular flexibility index (Phi) is 10.5. The number of hydrogen-bond acceptors (Lipinski definition) is 9. The number of nitrogens with two attached hydrogens (primary N) is 1. The fourth-order valence-corrected chi connectivity index (χ4v) is 9.28. The van der Waals surface area contributed by atoms with Crippen molar-refractivity contribution in [2.45, 2.75) is 128 Å². The number of nitrogens with zero attached hydrogens (tertiary/aromatic N) is 4. The van der Waals surface area contributed by atoms with Crippen molar-refractivity contribution < 1.29 is 18.1 Å². The fraction of sp³-hybridized carbons (Fsp3) is 0.583. The summed E-state index contributed by atoms with van der Waals surface area (Å²) >= 11 is 1.83. The molecule has 0 amide bonds. The van der Waals surface area contributed by atoms with Crippen molar-refractivity contribution in [3.63, 3.8) is 0 Å². The third-order valence-corrected chi connectivity index (χ3v) is 20.5. The van der Waals surface area contributed by atoms with Gasteiger partial charge in [0, 0.05) is 34.7 Å². The van der Waals surface area contributed by atoms with Crippen LogP contribution in [0.5, 0.6) is 0 Å². The lowest BCUT2D eigenvalue weighted by atomic mass is 10.0. The zero-order valence-corrected chi connectivity index (χ0v) is 33.6. The minimum Gasteiger partial charge on any atom is -0.408 e. The van der Waals surface area contributed by atoms with E-state index in [9.17, 15) is 0 Å². The second-order valence-electron chi connectivity index (χ2n) is 16.4. The third kappa shape index (κ3) is 7.34. The topological polar surface area (TPSA) is 110 Å². The number of benzene rings is 1. The first-order chi connectivity index (χ1) is 22.3. The highest BCUT2D eigenvalue weighted by Gasteiger charge is 2.54. The number of thioether (sulfide) groups is 1. The number of ether oxygens (including phenoxy) is 1. The average molecular weight is 710 g/mol. The van der Waals surface area contributed by atoms with E-state index in [1.54, 1.807) is 0 Å². The zero-order chi connectivity index (χ0) is 35.2. The molecule has 1 aromatic carbocycles. The molecule has 1 fully saturated rings. The molecule has 5 rings (SSSR count). The van der Waals surface area contributed by atoms with E-state index in [1.165, 1.54) is 6.33 Å². The Morgan fingerprint density at radius 3 is 2.15 bits per heavy atom. The van der Waals surface area contributed by atoms with Crippen molar-refractivity contribution >= 4 is 45.2 Å². The van der Waals surface area contributed by atoms with Crippen LogP contribution in [0.15, 0.2) is 53.4 Å². The molecule has 48 heavy (non-hydrogen) atoms. The molecule has 4 atom stereocenters. The first-order valence-corrected chi connectivity index (χ1v) is 24.0. The number of nitrogen functional groups attached to an aromatic ring is 1. The molecule has 0 saturated carbocycles. The maximum absolute atomic E-state index is 7.35. The van der Waals surface area contributed by atoms with Crippen LogP contribution in [0.25, 0.3) is 22.3 Å². The van der Waals surface area contributed by atoms with Crippen molar-refractivity contribution in [3.8, 4) is 11.3 Å². The van der Waals surface area contributed by atoms with Crippen LogP contribution in [0.3, 0.4) is 0 Å². The van der Waals surface area contributed by atoms with Gasteiger partial charge in [-0.2, -0.15) is 11.8 Å². The van der Waals surface area contributed by atoms with Gasteiger partial charge >= 0.3 is 0 Å². The first-order valence-electron chi connectivity index (χ1n) is 17.0. The number of aromatic nitrogens is 4. The van der Waals surface area contributed by atoms with Gasteiger partial charge in [0.1, 0.15) is 41.5 Å². The van der Waals surface area contributed by atoms with E-state index in [0.717, 1.165) is 39.4 Å². The number of rotatable bonds is 11. The van der Waals surface area contributed by atoms with Crippen LogP contribution < -0.4 is 5.73 Å². The molecule has 1 saturated heterocycles. The number of fused-ring (bicyclic) bond motifs is 1. The quantitative estimate of drug-likeness (QED) is 0.152. The van der Waals surface area contributed by atoms with Crippen LogP contribution in [-0.4, -0.2) is 60.4 Å². The fourth-order valence-electron chi connectivity index (χ4n) is 5.58. The summed E-state index contributed by atoms with van der Waals surface area (Å²) in [5, 5.41) is 5.32. The molecule has 9 nitrogen and oxygen atoms in total. The highest BCUT2D eigenvalue weighted by atomic mass is 32.2. The predicted molar refractivity (Wildman–Crippen MR) is 202 cm³/mol. The van der Waals surface area contributed by atoms with E-state index < -0.39 is 22.9 Å². The molecule has 0 spiro atoms. The summed E-state index contributed by atoms with van der Waals surface area (Å²) in [6.45, 7) is 27.2. The zero-order valence-electron chi connectivity index (χ0n) is 30.8. The Morgan fingerprint density at radius 1 is 0.917 bits per heavy atom. The molecule has 4 aromatic rings. The molecule has 262 valence electrons. The minimum atomic E-state index is -2.28. The van der Waals surface area contributed by atoms with Crippen molar-refractivity contribution in [1.82, 2.24) is 19.7 Å². The monoisotopic (exact) mass is 709 g/mol. The first kappa shape index (κ1) is 36.8. The van der Waals surface area contributed by atoms with E-state index >= 15 is 0 Å². The Labute approximate surface area is 293 Å². The SMILES string of the molecule is CC(C)c1onc(-c2ccccc2)c1CSC[C@H]1O[C@@H](n2ccc3c(N)ncnc32)[C@H](O[Si](C)(C)C(C)(C)C)[C@@H]1O[Si](C)(C)C(C)(C)C. The highest BCUT2D eigenvalue weighted by Crippen LogP contribution is 2.47. The van der Waals surface area contributed by atoms with Crippen LogP contribution in [-0.2, 0) is 19.3 Å². The lowest BCUT2D eigenvalue weighted by Crippen LogP contribution is -2.53.